The molecule has 0 saturated carbocycles. The fourth-order valence-corrected chi connectivity index (χ4v) is 2.53. The first-order chi connectivity index (χ1) is 9.61. The van der Waals surface area contributed by atoms with Gasteiger partial charge in [-0.1, -0.05) is 13.0 Å². The van der Waals surface area contributed by atoms with Crippen LogP contribution >= 0.6 is 0 Å². The number of benzene rings is 1. The number of aromatic hydroxyl groups is 1. The van der Waals surface area contributed by atoms with E-state index in [2.05, 4.69) is 15.3 Å². The first-order valence-electron chi connectivity index (χ1n) is 6.35. The van der Waals surface area contributed by atoms with Crippen LogP contribution in [0, 0.1) is 0 Å². The fraction of sp³-hybridized carbons (Fsp3) is 0.286. The molecular formula is C14H15N3O3. The molecule has 1 aliphatic rings. The number of aromatic amines is 1. The Hall–Kier alpha value is -2.50. The Bertz CT molecular complexity index is 705. The molecule has 1 aromatic heterocycles. The van der Waals surface area contributed by atoms with Crippen LogP contribution in [0.3, 0.4) is 0 Å². The zero-order valence-corrected chi connectivity index (χ0v) is 11.2. The van der Waals surface area contributed by atoms with Gasteiger partial charge in [-0.15, -0.1) is 0 Å². The average molecular weight is 273 g/mol. The van der Waals surface area contributed by atoms with E-state index in [1.165, 1.54) is 0 Å². The normalized spacial score (nSPS) is 22.0. The standard InChI is InChI=1S/C14H15N3O3/c1-7(12-13(19)17-14(15-2)20-12)8-6-16-9-4-3-5-10(18)11(8)9/h3-7,12,16,18H,1-2H3,(H,15,17,19). The second-order valence-electron chi connectivity index (χ2n) is 4.79. The Labute approximate surface area is 115 Å². The minimum absolute atomic E-state index is 0.188. The van der Waals surface area contributed by atoms with Crippen LogP contribution in [0.2, 0.25) is 0 Å². The summed E-state index contributed by atoms with van der Waals surface area (Å²) in [4.78, 5) is 18.8. The van der Waals surface area contributed by atoms with Gasteiger partial charge < -0.3 is 14.8 Å². The first kappa shape index (κ1) is 12.5. The van der Waals surface area contributed by atoms with Gasteiger partial charge in [-0.2, -0.15) is 0 Å². The summed E-state index contributed by atoms with van der Waals surface area (Å²) in [7, 11) is 1.56. The highest BCUT2D eigenvalue weighted by atomic mass is 16.5. The lowest BCUT2D eigenvalue weighted by atomic mass is 9.94. The molecule has 1 aromatic carbocycles. The maximum atomic E-state index is 11.9. The van der Waals surface area contributed by atoms with Crippen LogP contribution in [0.15, 0.2) is 29.4 Å². The summed E-state index contributed by atoms with van der Waals surface area (Å²) in [6.45, 7) is 1.89. The molecule has 6 nitrogen and oxygen atoms in total. The van der Waals surface area contributed by atoms with Gasteiger partial charge in [0.15, 0.2) is 6.10 Å². The highest BCUT2D eigenvalue weighted by molar-refractivity contribution is 6.03. The molecule has 1 fully saturated rings. The van der Waals surface area contributed by atoms with Gasteiger partial charge in [-0.05, 0) is 17.7 Å². The molecule has 1 aliphatic heterocycles. The van der Waals surface area contributed by atoms with E-state index < -0.39 is 6.10 Å². The number of fused-ring (bicyclic) bond motifs is 1. The number of aliphatic imine (C=N–C) groups is 1. The molecule has 104 valence electrons. The molecular weight excluding hydrogens is 258 g/mol. The summed E-state index contributed by atoms with van der Waals surface area (Å²) < 4.78 is 5.49. The Morgan fingerprint density at radius 3 is 2.95 bits per heavy atom. The lowest BCUT2D eigenvalue weighted by Crippen LogP contribution is -2.28. The molecule has 2 atom stereocenters. The van der Waals surface area contributed by atoms with E-state index in [1.807, 2.05) is 13.0 Å². The van der Waals surface area contributed by atoms with Gasteiger partial charge in [-0.3, -0.25) is 10.1 Å². The van der Waals surface area contributed by atoms with E-state index in [1.54, 1.807) is 25.4 Å². The number of amides is 1. The van der Waals surface area contributed by atoms with Crippen molar-refractivity contribution in [2.24, 2.45) is 4.99 Å². The predicted molar refractivity (Wildman–Crippen MR) is 74.8 cm³/mol. The minimum atomic E-state index is -0.646. The summed E-state index contributed by atoms with van der Waals surface area (Å²) in [6.07, 6.45) is 1.15. The highest BCUT2D eigenvalue weighted by Crippen LogP contribution is 2.35. The number of H-pyrrole nitrogens is 1. The number of nitrogens with zero attached hydrogens (tertiary/aromatic N) is 1. The van der Waals surface area contributed by atoms with Crippen LogP contribution in [0.4, 0.5) is 0 Å². The molecule has 2 unspecified atom stereocenters. The second-order valence-corrected chi connectivity index (χ2v) is 4.79. The molecule has 0 radical (unpaired) electrons. The Morgan fingerprint density at radius 1 is 1.45 bits per heavy atom. The zero-order valence-electron chi connectivity index (χ0n) is 11.2. The van der Waals surface area contributed by atoms with Crippen molar-refractivity contribution >= 4 is 22.8 Å². The number of hydrogen-bond acceptors (Lipinski definition) is 4. The number of phenols is 1. The number of ether oxygens (including phenoxy) is 1. The van der Waals surface area contributed by atoms with E-state index in [-0.39, 0.29) is 23.6 Å². The zero-order chi connectivity index (χ0) is 14.3. The maximum Gasteiger partial charge on any atom is 0.292 e. The van der Waals surface area contributed by atoms with Crippen molar-refractivity contribution in [3.8, 4) is 5.75 Å². The number of aromatic nitrogens is 1. The Kier molecular flexibility index (Phi) is 2.85. The molecule has 6 heteroatoms. The number of carbonyl (C=O) groups excluding carboxylic acids is 1. The predicted octanol–water partition coefficient (Wildman–Crippen LogP) is 1.48. The Morgan fingerprint density at radius 2 is 2.25 bits per heavy atom. The van der Waals surface area contributed by atoms with Crippen LogP contribution in [0.25, 0.3) is 10.9 Å². The van der Waals surface area contributed by atoms with Gasteiger partial charge in [-0.25, -0.2) is 4.99 Å². The number of carbonyl (C=O) groups is 1. The number of phenolic OH excluding ortho intramolecular Hbond substituents is 1. The second kappa shape index (κ2) is 4.56. The topological polar surface area (TPSA) is 86.7 Å². The van der Waals surface area contributed by atoms with Crippen molar-refractivity contribution in [1.29, 1.82) is 0 Å². The van der Waals surface area contributed by atoms with Gasteiger partial charge >= 0.3 is 0 Å². The summed E-state index contributed by atoms with van der Waals surface area (Å²) in [6, 6.07) is 5.50. The number of hydrogen-bond donors (Lipinski definition) is 3. The quantitative estimate of drug-likeness (QED) is 0.774. The summed E-state index contributed by atoms with van der Waals surface area (Å²) in [5, 5.41) is 13.3. The third-order valence-electron chi connectivity index (χ3n) is 3.59. The molecule has 3 rings (SSSR count). The van der Waals surface area contributed by atoms with Crippen molar-refractivity contribution in [3.05, 3.63) is 30.0 Å². The third kappa shape index (κ3) is 1.80. The van der Waals surface area contributed by atoms with E-state index in [0.717, 1.165) is 16.5 Å². The van der Waals surface area contributed by atoms with Gasteiger partial charge in [0.05, 0.1) is 0 Å². The third-order valence-corrected chi connectivity index (χ3v) is 3.59. The summed E-state index contributed by atoms with van der Waals surface area (Å²) in [5.41, 5.74) is 1.67. The number of rotatable bonds is 2. The van der Waals surface area contributed by atoms with Gasteiger partial charge in [0.25, 0.3) is 11.9 Å². The highest BCUT2D eigenvalue weighted by Gasteiger charge is 2.37. The van der Waals surface area contributed by atoms with Crippen molar-refractivity contribution in [2.45, 2.75) is 18.9 Å². The van der Waals surface area contributed by atoms with E-state index in [4.69, 9.17) is 4.74 Å². The maximum absolute atomic E-state index is 11.9. The van der Waals surface area contributed by atoms with Crippen molar-refractivity contribution in [3.63, 3.8) is 0 Å². The molecule has 0 spiro atoms. The molecule has 3 N–H and O–H groups in total. The lowest BCUT2D eigenvalue weighted by Gasteiger charge is -2.15. The molecule has 0 bridgehead atoms. The van der Waals surface area contributed by atoms with Crippen LogP contribution in [0.5, 0.6) is 5.75 Å². The monoisotopic (exact) mass is 273 g/mol. The fourth-order valence-electron chi connectivity index (χ4n) is 2.53. The SMILES string of the molecule is CN=C1NC(=O)C(C(C)c2c[nH]c3cccc(O)c23)O1. The van der Waals surface area contributed by atoms with Crippen LogP contribution < -0.4 is 5.32 Å². The van der Waals surface area contributed by atoms with Crippen LogP contribution in [-0.4, -0.2) is 35.2 Å². The summed E-state index contributed by atoms with van der Waals surface area (Å²) in [5.74, 6) is -0.243. The average Bonchev–Trinajstić information content (AvgIpc) is 3.02. The lowest BCUT2D eigenvalue weighted by molar-refractivity contribution is -0.124. The van der Waals surface area contributed by atoms with Gasteiger partial charge in [0, 0.05) is 30.1 Å². The number of amidine groups is 1. The molecule has 1 saturated heterocycles. The molecule has 2 heterocycles. The van der Waals surface area contributed by atoms with Crippen molar-refractivity contribution in [2.75, 3.05) is 7.05 Å². The van der Waals surface area contributed by atoms with Crippen molar-refractivity contribution < 1.29 is 14.6 Å². The van der Waals surface area contributed by atoms with Gasteiger partial charge in [0.1, 0.15) is 5.75 Å². The molecule has 2 aromatic rings. The van der Waals surface area contributed by atoms with E-state index >= 15 is 0 Å². The van der Waals surface area contributed by atoms with Gasteiger partial charge in [0.2, 0.25) is 0 Å². The van der Waals surface area contributed by atoms with E-state index in [0.29, 0.717) is 0 Å². The molecule has 20 heavy (non-hydrogen) atoms. The molecule has 0 aliphatic carbocycles. The van der Waals surface area contributed by atoms with Crippen LogP contribution in [0.1, 0.15) is 18.4 Å². The Balaban J connectivity index is 2.01. The minimum Gasteiger partial charge on any atom is -0.507 e. The largest absolute Gasteiger partial charge is 0.507 e. The smallest absolute Gasteiger partial charge is 0.292 e. The number of nitrogens with one attached hydrogen (secondary N) is 2. The van der Waals surface area contributed by atoms with Crippen LogP contribution in [-0.2, 0) is 9.53 Å². The van der Waals surface area contributed by atoms with Crippen molar-refractivity contribution in [1.82, 2.24) is 10.3 Å². The van der Waals surface area contributed by atoms with E-state index in [9.17, 15) is 9.90 Å². The first-order valence-corrected chi connectivity index (χ1v) is 6.35. The molecule has 1 amide bonds. The summed E-state index contributed by atoms with van der Waals surface area (Å²) >= 11 is 0.